The summed E-state index contributed by atoms with van der Waals surface area (Å²) in [6.45, 7) is 0. The van der Waals surface area contributed by atoms with Crippen molar-refractivity contribution in [3.8, 4) is 0 Å². The first-order valence-electron chi connectivity index (χ1n) is 3.17. The van der Waals surface area contributed by atoms with Crippen molar-refractivity contribution in [1.82, 2.24) is 0 Å². The Balaban J connectivity index is 0.00000121. The van der Waals surface area contributed by atoms with Crippen LogP contribution < -0.4 is 56.5 Å². The van der Waals surface area contributed by atoms with Gasteiger partial charge in [-0.15, -0.1) is 11.8 Å². The van der Waals surface area contributed by atoms with E-state index < -0.39 is 0 Å². The van der Waals surface area contributed by atoms with Gasteiger partial charge in [-0.25, -0.2) is 0 Å². The van der Waals surface area contributed by atoms with Crippen molar-refractivity contribution in [2.24, 2.45) is 0 Å². The molecule has 1 rings (SSSR count). The van der Waals surface area contributed by atoms with E-state index in [9.17, 15) is 5.11 Å². The molecule has 58 valence electrons. The van der Waals surface area contributed by atoms with Gasteiger partial charge in [0.2, 0.25) is 0 Å². The Morgan fingerprint density at radius 1 is 1.33 bits per heavy atom. The van der Waals surface area contributed by atoms with E-state index in [2.05, 4.69) is 12.2 Å². The van der Waals surface area contributed by atoms with Crippen molar-refractivity contribution in [3.63, 3.8) is 0 Å². The second-order valence-electron chi connectivity index (χ2n) is 2.02. The number of benzene rings is 1. The van der Waals surface area contributed by atoms with Crippen molar-refractivity contribution in [2.45, 2.75) is 5.75 Å². The molecule has 0 heterocycles. The monoisotopic (exact) mass is 222 g/mol. The Hall–Kier alpha value is 1.10. The Labute approximate surface area is 124 Å². The molecule has 0 bridgehead atoms. The van der Waals surface area contributed by atoms with Crippen LogP contribution in [-0.4, -0.2) is 4.38 Å². The van der Waals surface area contributed by atoms with Gasteiger partial charge in [0.1, 0.15) is 0 Å². The smallest absolute Gasteiger partial charge is 0.860 e. The van der Waals surface area contributed by atoms with Gasteiger partial charge in [0, 0.05) is 5.75 Å². The Bertz CT molecular complexity index is 238. The molecule has 0 aliphatic rings. The minimum absolute atomic E-state index is 0. The summed E-state index contributed by atoms with van der Waals surface area (Å²) in [7, 11) is 0. The Kier molecular flexibility index (Phi) is 8.18. The molecule has 0 aliphatic carbocycles. The van der Waals surface area contributed by atoms with Crippen LogP contribution in [0, 0.1) is 0 Å². The quantitative estimate of drug-likeness (QED) is 0.453. The number of thiocarbonyl (C=S) groups is 1. The van der Waals surface area contributed by atoms with Gasteiger partial charge in [-0.3, -0.25) is 0 Å². The predicted octanol–water partition coefficient (Wildman–Crippen LogP) is -1.43. The standard InChI is InChI=1S/C8H8OS2.K/c9-8(10)11-6-7-4-2-1-3-5-7;/h1-5H,6H2,(H,9,10);/q;+1/p-1. The van der Waals surface area contributed by atoms with Crippen LogP contribution in [0.15, 0.2) is 30.3 Å². The topological polar surface area (TPSA) is 23.1 Å². The van der Waals surface area contributed by atoms with Crippen molar-refractivity contribution in [1.29, 1.82) is 0 Å². The maximum atomic E-state index is 10.4. The van der Waals surface area contributed by atoms with Crippen LogP contribution in [0.25, 0.3) is 0 Å². The Morgan fingerprint density at radius 3 is 2.42 bits per heavy atom. The molecule has 0 radical (unpaired) electrons. The fraction of sp³-hybridized carbons (Fsp3) is 0.125. The number of rotatable bonds is 2. The van der Waals surface area contributed by atoms with Gasteiger partial charge < -0.3 is 5.11 Å². The van der Waals surface area contributed by atoms with Crippen molar-refractivity contribution < 1.29 is 56.5 Å². The molecule has 0 aromatic heterocycles. The maximum absolute atomic E-state index is 10.4. The SMILES string of the molecule is [K+].[O-]C(=S)SCc1ccccc1. The molecule has 0 aliphatic heterocycles. The van der Waals surface area contributed by atoms with Gasteiger partial charge in [0.05, 0.1) is 0 Å². The van der Waals surface area contributed by atoms with Gasteiger partial charge in [-0.2, -0.15) is 0 Å². The summed E-state index contributed by atoms with van der Waals surface area (Å²) in [5.41, 5.74) is 1.13. The zero-order valence-corrected chi connectivity index (χ0v) is 11.6. The molecule has 0 saturated carbocycles. The van der Waals surface area contributed by atoms with Gasteiger partial charge in [-0.05, 0) is 9.95 Å². The largest absolute Gasteiger partial charge is 1.00 e. The van der Waals surface area contributed by atoms with Crippen molar-refractivity contribution >= 4 is 28.4 Å². The summed E-state index contributed by atoms with van der Waals surface area (Å²) in [6.07, 6.45) is 0. The molecular formula is C8H7KOS2. The van der Waals surface area contributed by atoms with Crippen LogP contribution in [0.1, 0.15) is 5.56 Å². The first-order valence-corrected chi connectivity index (χ1v) is 4.56. The fourth-order valence-corrected chi connectivity index (χ4v) is 1.37. The van der Waals surface area contributed by atoms with Gasteiger partial charge in [0.25, 0.3) is 0 Å². The van der Waals surface area contributed by atoms with E-state index >= 15 is 0 Å². The first kappa shape index (κ1) is 13.1. The first-order chi connectivity index (χ1) is 5.29. The number of hydrogen-bond donors (Lipinski definition) is 0. The molecule has 0 fully saturated rings. The van der Waals surface area contributed by atoms with E-state index in [0.29, 0.717) is 5.75 Å². The molecular weight excluding hydrogens is 215 g/mol. The fourth-order valence-electron chi connectivity index (χ4n) is 0.716. The van der Waals surface area contributed by atoms with Gasteiger partial charge in [-0.1, -0.05) is 42.5 Å². The van der Waals surface area contributed by atoms with Gasteiger partial charge >= 0.3 is 51.4 Å². The maximum Gasteiger partial charge on any atom is 1.00 e. The molecule has 4 heteroatoms. The van der Waals surface area contributed by atoms with Crippen molar-refractivity contribution in [3.05, 3.63) is 35.9 Å². The molecule has 0 unspecified atom stereocenters. The van der Waals surface area contributed by atoms with Crippen LogP contribution in [0.4, 0.5) is 0 Å². The summed E-state index contributed by atoms with van der Waals surface area (Å²) >= 11 is 5.56. The van der Waals surface area contributed by atoms with E-state index in [4.69, 9.17) is 0 Å². The van der Waals surface area contributed by atoms with E-state index in [1.807, 2.05) is 30.3 Å². The molecule has 0 amide bonds. The zero-order valence-electron chi connectivity index (χ0n) is 6.82. The minimum Gasteiger partial charge on any atom is -0.860 e. The molecule has 12 heavy (non-hydrogen) atoms. The average Bonchev–Trinajstić information content (AvgIpc) is 2.03. The third-order valence-corrected chi connectivity index (χ3v) is 2.27. The van der Waals surface area contributed by atoms with E-state index in [1.54, 1.807) is 0 Å². The van der Waals surface area contributed by atoms with Crippen LogP contribution in [0.5, 0.6) is 0 Å². The average molecular weight is 222 g/mol. The molecule has 1 aromatic rings. The van der Waals surface area contributed by atoms with Crippen LogP contribution in [-0.2, 0) is 5.75 Å². The molecule has 0 spiro atoms. The third kappa shape index (κ3) is 5.69. The molecule has 1 nitrogen and oxygen atoms in total. The summed E-state index contributed by atoms with van der Waals surface area (Å²) < 4.78 is -0.242. The third-order valence-electron chi connectivity index (χ3n) is 1.20. The second-order valence-corrected chi connectivity index (χ2v) is 3.60. The Morgan fingerprint density at radius 2 is 1.92 bits per heavy atom. The van der Waals surface area contributed by atoms with Crippen molar-refractivity contribution in [2.75, 3.05) is 0 Å². The second kappa shape index (κ2) is 7.50. The van der Waals surface area contributed by atoms with Crippen LogP contribution in [0.3, 0.4) is 0 Å². The summed E-state index contributed by atoms with van der Waals surface area (Å²) in [5, 5.41) is 10.4. The molecule has 0 N–H and O–H groups in total. The summed E-state index contributed by atoms with van der Waals surface area (Å²) in [4.78, 5) is 0. The number of hydrogen-bond acceptors (Lipinski definition) is 3. The van der Waals surface area contributed by atoms with Crippen LogP contribution >= 0.6 is 24.0 Å². The summed E-state index contributed by atoms with van der Waals surface area (Å²) in [5.74, 6) is 0.684. The van der Waals surface area contributed by atoms with Crippen LogP contribution in [0.2, 0.25) is 0 Å². The molecule has 0 saturated heterocycles. The number of thioether (sulfide) groups is 1. The predicted molar refractivity (Wildman–Crippen MR) is 50.3 cm³/mol. The minimum atomic E-state index is -0.242. The van der Waals surface area contributed by atoms with E-state index in [1.165, 1.54) is 0 Å². The summed E-state index contributed by atoms with van der Waals surface area (Å²) in [6, 6.07) is 9.80. The van der Waals surface area contributed by atoms with Gasteiger partial charge in [0.15, 0.2) is 0 Å². The molecule has 0 atom stereocenters. The molecule has 1 aromatic carbocycles. The normalized spacial score (nSPS) is 8.67. The van der Waals surface area contributed by atoms with E-state index in [0.717, 1.165) is 17.3 Å². The van der Waals surface area contributed by atoms with E-state index in [-0.39, 0.29) is 55.8 Å². The zero-order chi connectivity index (χ0) is 8.10.